The quantitative estimate of drug-likeness (QED) is 0.362. The van der Waals surface area contributed by atoms with Crippen LogP contribution in [0.4, 0.5) is 13.2 Å². The minimum absolute atomic E-state index is 0.0916. The van der Waals surface area contributed by atoms with Gasteiger partial charge in [0.05, 0.1) is 10.5 Å². The van der Waals surface area contributed by atoms with E-state index in [1.54, 1.807) is 54.6 Å². The number of benzene rings is 3. The van der Waals surface area contributed by atoms with Crippen LogP contribution in [0.25, 0.3) is 0 Å². The van der Waals surface area contributed by atoms with E-state index in [1.807, 2.05) is 0 Å². The number of halogens is 4. The highest BCUT2D eigenvalue weighted by atomic mass is 35.5. The van der Waals surface area contributed by atoms with Crippen LogP contribution in [0.2, 0.25) is 5.02 Å². The standard InChI is InChI=1S/C28H29ClF3N3O3S/c29-24-8-6-22(7-9-24)27(36)34-19-21-4-10-26(11-5-21)39(37,38)35-16-13-25(14-17-35)33-15-12-20-2-1-3-23(18-20)28(30,31)32/h1-11,18,25,33H,12-17,19H2,(H,34,36). The Labute approximate surface area is 231 Å². The summed E-state index contributed by atoms with van der Waals surface area (Å²) >= 11 is 5.84. The average Bonchev–Trinajstić information content (AvgIpc) is 2.92. The Morgan fingerprint density at radius 3 is 2.26 bits per heavy atom. The molecule has 2 N–H and O–H groups in total. The maximum Gasteiger partial charge on any atom is 0.416 e. The van der Waals surface area contributed by atoms with E-state index >= 15 is 0 Å². The maximum atomic E-state index is 13.1. The van der Waals surface area contributed by atoms with Gasteiger partial charge < -0.3 is 10.6 Å². The van der Waals surface area contributed by atoms with Gasteiger partial charge in [-0.25, -0.2) is 8.42 Å². The first-order chi connectivity index (χ1) is 18.5. The summed E-state index contributed by atoms with van der Waals surface area (Å²) in [5.74, 6) is -0.255. The molecular weight excluding hydrogens is 551 g/mol. The number of carbonyl (C=O) groups is 1. The first-order valence-electron chi connectivity index (χ1n) is 12.5. The number of amides is 1. The maximum absolute atomic E-state index is 13.1. The first kappa shape index (κ1) is 29.1. The SMILES string of the molecule is O=C(NCc1ccc(S(=O)(=O)N2CCC(NCCc3cccc(C(F)(F)F)c3)CC2)cc1)c1ccc(Cl)cc1. The highest BCUT2D eigenvalue weighted by molar-refractivity contribution is 7.89. The van der Waals surface area contributed by atoms with Gasteiger partial charge in [-0.05, 0) is 79.4 Å². The van der Waals surface area contributed by atoms with Gasteiger partial charge in [0.2, 0.25) is 10.0 Å². The molecule has 1 aliphatic rings. The van der Waals surface area contributed by atoms with Crippen molar-refractivity contribution in [1.82, 2.24) is 14.9 Å². The molecule has 39 heavy (non-hydrogen) atoms. The molecule has 3 aromatic rings. The molecule has 1 heterocycles. The molecule has 0 unspecified atom stereocenters. The predicted octanol–water partition coefficient (Wildman–Crippen LogP) is 5.27. The number of sulfonamides is 1. The molecule has 3 aromatic carbocycles. The van der Waals surface area contributed by atoms with Crippen LogP contribution in [-0.2, 0) is 29.2 Å². The molecule has 1 saturated heterocycles. The molecule has 4 rings (SSSR count). The van der Waals surface area contributed by atoms with Gasteiger partial charge in [-0.2, -0.15) is 17.5 Å². The van der Waals surface area contributed by atoms with Gasteiger partial charge in [0, 0.05) is 36.3 Å². The summed E-state index contributed by atoms with van der Waals surface area (Å²) in [5, 5.41) is 6.68. The Morgan fingerprint density at radius 1 is 0.949 bits per heavy atom. The molecule has 0 atom stereocenters. The number of hydrogen-bond donors (Lipinski definition) is 2. The van der Waals surface area contributed by atoms with Gasteiger partial charge in [-0.3, -0.25) is 4.79 Å². The second-order valence-corrected chi connectivity index (χ2v) is 11.8. The summed E-state index contributed by atoms with van der Waals surface area (Å²) in [6.07, 6.45) is -2.70. The molecule has 0 aromatic heterocycles. The molecule has 1 fully saturated rings. The Kier molecular flexibility index (Phi) is 9.32. The topological polar surface area (TPSA) is 78.5 Å². The fourth-order valence-electron chi connectivity index (χ4n) is 4.44. The van der Waals surface area contributed by atoms with Crippen LogP contribution in [-0.4, -0.2) is 44.3 Å². The zero-order chi connectivity index (χ0) is 28.0. The number of nitrogens with zero attached hydrogens (tertiary/aromatic N) is 1. The first-order valence-corrected chi connectivity index (χ1v) is 14.4. The number of hydrogen-bond acceptors (Lipinski definition) is 4. The highest BCUT2D eigenvalue weighted by Gasteiger charge is 2.31. The third-order valence-electron chi connectivity index (χ3n) is 6.68. The summed E-state index contributed by atoms with van der Waals surface area (Å²) < 4.78 is 66.4. The Hall–Kier alpha value is -2.92. The van der Waals surface area contributed by atoms with Crippen molar-refractivity contribution < 1.29 is 26.4 Å². The minimum Gasteiger partial charge on any atom is -0.348 e. The van der Waals surface area contributed by atoms with Crippen molar-refractivity contribution in [3.8, 4) is 0 Å². The third-order valence-corrected chi connectivity index (χ3v) is 8.84. The summed E-state index contributed by atoms with van der Waals surface area (Å²) in [6.45, 7) is 1.46. The Balaban J connectivity index is 1.23. The lowest BCUT2D eigenvalue weighted by molar-refractivity contribution is -0.137. The van der Waals surface area contributed by atoms with Crippen LogP contribution in [0.3, 0.4) is 0 Å². The van der Waals surface area contributed by atoms with E-state index in [0.29, 0.717) is 55.0 Å². The van der Waals surface area contributed by atoms with E-state index in [9.17, 15) is 26.4 Å². The molecule has 11 heteroatoms. The second kappa shape index (κ2) is 12.5. The zero-order valence-corrected chi connectivity index (χ0v) is 22.6. The summed E-state index contributed by atoms with van der Waals surface area (Å²) in [5.41, 5.74) is 1.19. The average molecular weight is 580 g/mol. The lowest BCUT2D eigenvalue weighted by Gasteiger charge is -2.31. The van der Waals surface area contributed by atoms with Crippen LogP contribution < -0.4 is 10.6 Å². The summed E-state index contributed by atoms with van der Waals surface area (Å²) in [4.78, 5) is 12.5. The van der Waals surface area contributed by atoms with E-state index in [4.69, 9.17) is 11.6 Å². The van der Waals surface area contributed by atoms with Gasteiger partial charge in [-0.15, -0.1) is 0 Å². The highest BCUT2D eigenvalue weighted by Crippen LogP contribution is 2.29. The molecule has 0 bridgehead atoms. The van der Waals surface area contributed by atoms with Crippen molar-refractivity contribution in [2.75, 3.05) is 19.6 Å². The fourth-order valence-corrected chi connectivity index (χ4v) is 6.03. The monoisotopic (exact) mass is 579 g/mol. The molecule has 6 nitrogen and oxygen atoms in total. The largest absolute Gasteiger partial charge is 0.416 e. The van der Waals surface area contributed by atoms with Crippen molar-refractivity contribution in [3.05, 3.63) is 100 Å². The zero-order valence-electron chi connectivity index (χ0n) is 21.0. The van der Waals surface area contributed by atoms with Gasteiger partial charge in [0.15, 0.2) is 0 Å². The van der Waals surface area contributed by atoms with E-state index in [2.05, 4.69) is 10.6 Å². The molecule has 1 aliphatic heterocycles. The lowest BCUT2D eigenvalue weighted by Crippen LogP contribution is -2.45. The van der Waals surface area contributed by atoms with Crippen molar-refractivity contribution in [3.63, 3.8) is 0 Å². The third kappa shape index (κ3) is 7.82. The smallest absolute Gasteiger partial charge is 0.348 e. The van der Waals surface area contributed by atoms with E-state index < -0.39 is 21.8 Å². The summed E-state index contributed by atoms with van der Waals surface area (Å²) in [7, 11) is -3.66. The number of piperidine rings is 1. The summed E-state index contributed by atoms with van der Waals surface area (Å²) in [6, 6.07) is 18.4. The molecule has 0 aliphatic carbocycles. The van der Waals surface area contributed by atoms with Crippen LogP contribution in [0, 0.1) is 0 Å². The van der Waals surface area contributed by atoms with Crippen LogP contribution >= 0.6 is 11.6 Å². The molecular formula is C28H29ClF3N3O3S. The normalized spacial score (nSPS) is 15.3. The number of carbonyl (C=O) groups excluding carboxylic acids is 1. The number of nitrogens with one attached hydrogen (secondary N) is 2. The van der Waals surface area contributed by atoms with Gasteiger partial charge in [0.25, 0.3) is 5.91 Å². The molecule has 208 valence electrons. The van der Waals surface area contributed by atoms with Gasteiger partial charge >= 0.3 is 6.18 Å². The predicted molar refractivity (Wildman–Crippen MR) is 144 cm³/mol. The van der Waals surface area contributed by atoms with E-state index in [1.165, 1.54) is 10.4 Å². The van der Waals surface area contributed by atoms with Crippen LogP contribution in [0.1, 0.15) is 39.9 Å². The van der Waals surface area contributed by atoms with Gasteiger partial charge in [-0.1, -0.05) is 41.9 Å². The molecule has 1 amide bonds. The molecule has 0 spiro atoms. The number of alkyl halides is 3. The Morgan fingerprint density at radius 2 is 1.62 bits per heavy atom. The van der Waals surface area contributed by atoms with Crippen molar-refractivity contribution in [2.45, 2.75) is 42.9 Å². The van der Waals surface area contributed by atoms with Gasteiger partial charge in [0.1, 0.15) is 0 Å². The van der Waals surface area contributed by atoms with Crippen molar-refractivity contribution in [1.29, 1.82) is 0 Å². The van der Waals surface area contributed by atoms with Crippen LogP contribution in [0.5, 0.6) is 0 Å². The van der Waals surface area contributed by atoms with E-state index in [0.717, 1.165) is 17.7 Å². The fraction of sp³-hybridized carbons (Fsp3) is 0.321. The van der Waals surface area contributed by atoms with Crippen LogP contribution in [0.15, 0.2) is 77.7 Å². The minimum atomic E-state index is -4.37. The second-order valence-electron chi connectivity index (χ2n) is 9.41. The molecule has 0 radical (unpaired) electrons. The van der Waals surface area contributed by atoms with E-state index in [-0.39, 0.29) is 23.4 Å². The molecule has 0 saturated carbocycles. The number of rotatable bonds is 9. The lowest BCUT2D eigenvalue weighted by atomic mass is 10.1. The van der Waals surface area contributed by atoms with Crippen molar-refractivity contribution in [2.24, 2.45) is 0 Å². The Bertz CT molecular complexity index is 1370. The van der Waals surface area contributed by atoms with Crippen molar-refractivity contribution >= 4 is 27.5 Å².